The third kappa shape index (κ3) is 2.08. The van der Waals surface area contributed by atoms with Gasteiger partial charge in [0.25, 0.3) is 0 Å². The number of rotatable bonds is 4. The van der Waals surface area contributed by atoms with Gasteiger partial charge in [-0.3, -0.25) is 0 Å². The minimum absolute atomic E-state index is 0.459. The molecule has 3 rings (SSSR count). The standard InChI is InChI=1S/C14H17NO2/c16-14(6-3-7-14)10-15-8-11-9-17-13-5-2-1-4-12(11)13/h1-2,4-5,9,15-16H,3,6-8,10H2. The van der Waals surface area contributed by atoms with E-state index in [0.717, 1.165) is 42.3 Å². The fourth-order valence-corrected chi connectivity index (χ4v) is 2.36. The second-order valence-electron chi connectivity index (χ2n) is 4.94. The van der Waals surface area contributed by atoms with Gasteiger partial charge in [-0.25, -0.2) is 0 Å². The molecule has 3 nitrogen and oxygen atoms in total. The van der Waals surface area contributed by atoms with Gasteiger partial charge in [0.05, 0.1) is 11.9 Å². The molecule has 0 amide bonds. The molecule has 90 valence electrons. The molecule has 1 fully saturated rings. The maximum absolute atomic E-state index is 9.97. The lowest BCUT2D eigenvalue weighted by atomic mass is 9.80. The van der Waals surface area contributed by atoms with E-state index in [0.29, 0.717) is 6.54 Å². The molecule has 1 aliphatic rings. The summed E-state index contributed by atoms with van der Waals surface area (Å²) >= 11 is 0. The number of fused-ring (bicyclic) bond motifs is 1. The fraction of sp³-hybridized carbons (Fsp3) is 0.429. The molecule has 0 aliphatic heterocycles. The Kier molecular flexibility index (Phi) is 2.65. The molecule has 0 saturated heterocycles. The third-order valence-corrected chi connectivity index (χ3v) is 3.61. The van der Waals surface area contributed by atoms with Gasteiger partial charge in [-0.1, -0.05) is 18.2 Å². The maximum atomic E-state index is 9.97. The van der Waals surface area contributed by atoms with Crippen LogP contribution >= 0.6 is 0 Å². The van der Waals surface area contributed by atoms with Crippen molar-refractivity contribution in [3.8, 4) is 0 Å². The normalized spacial score (nSPS) is 18.2. The monoisotopic (exact) mass is 231 g/mol. The summed E-state index contributed by atoms with van der Waals surface area (Å²) in [6, 6.07) is 8.02. The van der Waals surface area contributed by atoms with E-state index in [9.17, 15) is 5.11 Å². The van der Waals surface area contributed by atoms with Crippen LogP contribution in [-0.4, -0.2) is 17.3 Å². The lowest BCUT2D eigenvalue weighted by Crippen LogP contribution is -2.45. The van der Waals surface area contributed by atoms with Crippen LogP contribution < -0.4 is 5.32 Å². The molecule has 2 aromatic rings. The summed E-state index contributed by atoms with van der Waals surface area (Å²) in [5.74, 6) is 0. The van der Waals surface area contributed by atoms with Crippen molar-refractivity contribution in [1.29, 1.82) is 0 Å². The molecule has 0 spiro atoms. The summed E-state index contributed by atoms with van der Waals surface area (Å²) in [6.07, 6.45) is 4.79. The molecule has 2 N–H and O–H groups in total. The SMILES string of the molecule is OC1(CNCc2coc3ccccc23)CCC1. The van der Waals surface area contributed by atoms with E-state index in [4.69, 9.17) is 4.42 Å². The topological polar surface area (TPSA) is 45.4 Å². The second kappa shape index (κ2) is 4.17. The van der Waals surface area contributed by atoms with Crippen LogP contribution in [0.2, 0.25) is 0 Å². The van der Waals surface area contributed by atoms with Crippen LogP contribution in [-0.2, 0) is 6.54 Å². The fourth-order valence-electron chi connectivity index (χ4n) is 2.36. The minimum Gasteiger partial charge on any atom is -0.464 e. The van der Waals surface area contributed by atoms with Crippen LogP contribution in [0.4, 0.5) is 0 Å². The maximum Gasteiger partial charge on any atom is 0.134 e. The van der Waals surface area contributed by atoms with E-state index in [1.165, 1.54) is 0 Å². The first-order valence-corrected chi connectivity index (χ1v) is 6.15. The van der Waals surface area contributed by atoms with Gasteiger partial charge in [0.2, 0.25) is 0 Å². The van der Waals surface area contributed by atoms with Gasteiger partial charge in [-0.05, 0) is 25.3 Å². The Hall–Kier alpha value is -1.32. The lowest BCUT2D eigenvalue weighted by molar-refractivity contribution is -0.0314. The van der Waals surface area contributed by atoms with E-state index in [1.54, 1.807) is 6.26 Å². The van der Waals surface area contributed by atoms with Crippen molar-refractivity contribution >= 4 is 11.0 Å². The molecular weight excluding hydrogens is 214 g/mol. The van der Waals surface area contributed by atoms with Crippen LogP contribution in [0.15, 0.2) is 34.9 Å². The van der Waals surface area contributed by atoms with Crippen LogP contribution in [0.5, 0.6) is 0 Å². The van der Waals surface area contributed by atoms with Gasteiger partial charge in [-0.15, -0.1) is 0 Å². The molecule has 0 radical (unpaired) electrons. The zero-order valence-electron chi connectivity index (χ0n) is 9.78. The summed E-state index contributed by atoms with van der Waals surface area (Å²) in [4.78, 5) is 0. The number of benzene rings is 1. The third-order valence-electron chi connectivity index (χ3n) is 3.61. The van der Waals surface area contributed by atoms with Gasteiger partial charge < -0.3 is 14.8 Å². The van der Waals surface area contributed by atoms with E-state index < -0.39 is 5.60 Å². The Balaban J connectivity index is 1.65. The molecule has 0 bridgehead atoms. The second-order valence-corrected chi connectivity index (χ2v) is 4.94. The van der Waals surface area contributed by atoms with Gasteiger partial charge in [0, 0.05) is 24.0 Å². The molecule has 1 saturated carbocycles. The first kappa shape index (κ1) is 10.8. The van der Waals surface area contributed by atoms with Crippen molar-refractivity contribution in [3.05, 3.63) is 36.1 Å². The average molecular weight is 231 g/mol. The molecule has 17 heavy (non-hydrogen) atoms. The molecule has 1 aliphatic carbocycles. The highest BCUT2D eigenvalue weighted by Gasteiger charge is 2.33. The molecule has 0 unspecified atom stereocenters. The molecule has 3 heteroatoms. The van der Waals surface area contributed by atoms with Crippen molar-refractivity contribution in [1.82, 2.24) is 5.32 Å². The van der Waals surface area contributed by atoms with E-state index in [-0.39, 0.29) is 0 Å². The van der Waals surface area contributed by atoms with Crippen molar-refractivity contribution in [2.45, 2.75) is 31.4 Å². The van der Waals surface area contributed by atoms with Crippen LogP contribution in [0.3, 0.4) is 0 Å². The molecule has 0 atom stereocenters. The van der Waals surface area contributed by atoms with Gasteiger partial charge in [0.15, 0.2) is 0 Å². The van der Waals surface area contributed by atoms with Crippen LogP contribution in [0.25, 0.3) is 11.0 Å². The predicted octanol–water partition coefficient (Wildman–Crippen LogP) is 2.44. The Labute approximate surface area is 100 Å². The number of para-hydroxylation sites is 1. The smallest absolute Gasteiger partial charge is 0.134 e. The van der Waals surface area contributed by atoms with E-state index >= 15 is 0 Å². The van der Waals surface area contributed by atoms with Gasteiger partial charge in [0.1, 0.15) is 5.58 Å². The summed E-state index contributed by atoms with van der Waals surface area (Å²) < 4.78 is 5.47. The van der Waals surface area contributed by atoms with E-state index in [2.05, 4.69) is 11.4 Å². The zero-order valence-corrected chi connectivity index (χ0v) is 9.78. The zero-order chi connectivity index (χ0) is 11.7. The summed E-state index contributed by atoms with van der Waals surface area (Å²) in [6.45, 7) is 1.42. The molecular formula is C14H17NO2. The number of hydrogen-bond acceptors (Lipinski definition) is 3. The minimum atomic E-state index is -0.459. The predicted molar refractivity (Wildman–Crippen MR) is 66.7 cm³/mol. The van der Waals surface area contributed by atoms with Crippen LogP contribution in [0.1, 0.15) is 24.8 Å². The lowest BCUT2D eigenvalue weighted by Gasteiger charge is -2.36. The first-order valence-electron chi connectivity index (χ1n) is 6.15. The Morgan fingerprint density at radius 2 is 2.12 bits per heavy atom. The highest BCUT2D eigenvalue weighted by molar-refractivity contribution is 5.80. The summed E-state index contributed by atoms with van der Waals surface area (Å²) in [5, 5.41) is 14.4. The number of furan rings is 1. The van der Waals surface area contributed by atoms with Crippen LogP contribution in [0, 0.1) is 0 Å². The largest absolute Gasteiger partial charge is 0.464 e. The summed E-state index contributed by atoms with van der Waals surface area (Å²) in [5.41, 5.74) is 1.62. The Morgan fingerprint density at radius 3 is 2.88 bits per heavy atom. The molecule has 1 heterocycles. The average Bonchev–Trinajstić information content (AvgIpc) is 2.71. The van der Waals surface area contributed by atoms with Crippen molar-refractivity contribution < 1.29 is 9.52 Å². The first-order chi connectivity index (χ1) is 8.27. The summed E-state index contributed by atoms with van der Waals surface area (Å²) in [7, 11) is 0. The number of nitrogens with one attached hydrogen (secondary N) is 1. The highest BCUT2D eigenvalue weighted by Crippen LogP contribution is 2.30. The number of aliphatic hydroxyl groups is 1. The molecule has 1 aromatic carbocycles. The Bertz CT molecular complexity index is 514. The van der Waals surface area contributed by atoms with Crippen molar-refractivity contribution in [2.24, 2.45) is 0 Å². The van der Waals surface area contributed by atoms with Crippen molar-refractivity contribution in [2.75, 3.05) is 6.54 Å². The molecule has 1 aromatic heterocycles. The van der Waals surface area contributed by atoms with Gasteiger partial charge >= 0.3 is 0 Å². The van der Waals surface area contributed by atoms with Crippen molar-refractivity contribution in [3.63, 3.8) is 0 Å². The number of hydrogen-bond donors (Lipinski definition) is 2. The Morgan fingerprint density at radius 1 is 1.29 bits per heavy atom. The van der Waals surface area contributed by atoms with Gasteiger partial charge in [-0.2, -0.15) is 0 Å². The van der Waals surface area contributed by atoms with E-state index in [1.807, 2.05) is 18.2 Å². The highest BCUT2D eigenvalue weighted by atomic mass is 16.3. The quantitative estimate of drug-likeness (QED) is 0.849.